The average Bonchev–Trinajstić information content (AvgIpc) is 2.62. The summed E-state index contributed by atoms with van der Waals surface area (Å²) in [6.07, 6.45) is 0.399. The van der Waals surface area contributed by atoms with Crippen molar-refractivity contribution in [3.8, 4) is 0 Å². The van der Waals surface area contributed by atoms with Gasteiger partial charge < -0.3 is 5.32 Å². The van der Waals surface area contributed by atoms with Gasteiger partial charge in [-0.15, -0.1) is 0 Å². The number of benzene rings is 2. The van der Waals surface area contributed by atoms with Crippen molar-refractivity contribution >= 4 is 33.2 Å². The van der Waals surface area contributed by atoms with Gasteiger partial charge in [0.1, 0.15) is 4.90 Å². The summed E-state index contributed by atoms with van der Waals surface area (Å²) in [6, 6.07) is 7.24. The molecule has 0 aliphatic rings. The molecule has 0 saturated carbocycles. The summed E-state index contributed by atoms with van der Waals surface area (Å²) in [4.78, 5) is 12.0. The van der Waals surface area contributed by atoms with Crippen LogP contribution in [0.3, 0.4) is 0 Å². The predicted molar refractivity (Wildman–Crippen MR) is 95.4 cm³/mol. The van der Waals surface area contributed by atoms with Crippen LogP contribution >= 0.6 is 11.6 Å². The molecule has 27 heavy (non-hydrogen) atoms. The standard InChI is InChI=1S/C17H16ClF3N2O3S/c1-2-9-23(27(25,26)14-6-4-3-5-11(14)18)10-15(24)22-13-8-7-12(19)16(20)17(13)21/h3-8H,2,9-10H2,1H3,(H,22,24). The van der Waals surface area contributed by atoms with Gasteiger partial charge in [-0.1, -0.05) is 30.7 Å². The smallest absolute Gasteiger partial charge is 0.245 e. The number of hydrogen-bond donors (Lipinski definition) is 1. The molecule has 1 N–H and O–H groups in total. The first-order valence-corrected chi connectivity index (χ1v) is 9.68. The third-order valence-electron chi connectivity index (χ3n) is 3.56. The molecule has 0 aliphatic heterocycles. The van der Waals surface area contributed by atoms with Gasteiger partial charge >= 0.3 is 0 Å². The Morgan fingerprint density at radius 2 is 1.78 bits per heavy atom. The highest BCUT2D eigenvalue weighted by Gasteiger charge is 2.28. The lowest BCUT2D eigenvalue weighted by atomic mass is 10.2. The number of amides is 1. The van der Waals surface area contributed by atoms with Crippen molar-refractivity contribution in [2.75, 3.05) is 18.4 Å². The summed E-state index contributed by atoms with van der Waals surface area (Å²) >= 11 is 5.94. The minimum atomic E-state index is -4.09. The number of carbonyl (C=O) groups is 1. The second kappa shape index (κ2) is 8.73. The number of anilines is 1. The Labute approximate surface area is 159 Å². The zero-order valence-electron chi connectivity index (χ0n) is 14.2. The Morgan fingerprint density at radius 3 is 2.41 bits per heavy atom. The van der Waals surface area contributed by atoms with E-state index in [0.29, 0.717) is 12.5 Å². The van der Waals surface area contributed by atoms with Gasteiger partial charge in [0.2, 0.25) is 15.9 Å². The Hall–Kier alpha value is -2.10. The van der Waals surface area contributed by atoms with Crippen molar-refractivity contribution < 1.29 is 26.4 Å². The molecule has 0 bridgehead atoms. The van der Waals surface area contributed by atoms with Gasteiger partial charge in [-0.2, -0.15) is 4.31 Å². The van der Waals surface area contributed by atoms with Crippen molar-refractivity contribution in [3.05, 3.63) is 58.9 Å². The molecule has 0 aliphatic carbocycles. The van der Waals surface area contributed by atoms with E-state index < -0.39 is 45.6 Å². The molecule has 2 aromatic rings. The fraction of sp³-hybridized carbons (Fsp3) is 0.235. The first-order chi connectivity index (χ1) is 12.7. The molecule has 0 atom stereocenters. The summed E-state index contributed by atoms with van der Waals surface area (Å²) in [7, 11) is -4.09. The SMILES string of the molecule is CCCN(CC(=O)Nc1ccc(F)c(F)c1F)S(=O)(=O)c1ccccc1Cl. The fourth-order valence-corrected chi connectivity index (χ4v) is 4.28. The predicted octanol–water partition coefficient (Wildman–Crippen LogP) is 3.80. The van der Waals surface area contributed by atoms with Gasteiger partial charge in [-0.25, -0.2) is 21.6 Å². The lowest BCUT2D eigenvalue weighted by Gasteiger charge is -2.21. The number of carbonyl (C=O) groups excluding carboxylic acids is 1. The van der Waals surface area contributed by atoms with E-state index in [9.17, 15) is 26.4 Å². The molecule has 0 radical (unpaired) electrons. The first kappa shape index (κ1) is 21.2. The third-order valence-corrected chi connectivity index (χ3v) is 5.90. The van der Waals surface area contributed by atoms with E-state index in [2.05, 4.69) is 0 Å². The summed E-state index contributed by atoms with van der Waals surface area (Å²) in [5.41, 5.74) is -0.592. The van der Waals surface area contributed by atoms with Crippen LogP contribution in [0.1, 0.15) is 13.3 Å². The molecule has 0 heterocycles. The van der Waals surface area contributed by atoms with Crippen LogP contribution in [0.4, 0.5) is 18.9 Å². The number of halogens is 4. The van der Waals surface area contributed by atoms with Crippen LogP contribution in [0.2, 0.25) is 5.02 Å². The van der Waals surface area contributed by atoms with Crippen LogP contribution in [0, 0.1) is 17.5 Å². The monoisotopic (exact) mass is 420 g/mol. The van der Waals surface area contributed by atoms with Crippen molar-refractivity contribution in [1.29, 1.82) is 0 Å². The number of rotatable bonds is 7. The molecular formula is C17H16ClF3N2O3S. The lowest BCUT2D eigenvalue weighted by Crippen LogP contribution is -2.38. The zero-order chi connectivity index (χ0) is 20.2. The highest BCUT2D eigenvalue weighted by molar-refractivity contribution is 7.89. The minimum Gasteiger partial charge on any atom is -0.322 e. The molecular weight excluding hydrogens is 405 g/mol. The van der Waals surface area contributed by atoms with E-state index in [1.54, 1.807) is 13.0 Å². The number of nitrogens with zero attached hydrogens (tertiary/aromatic N) is 1. The Bertz CT molecular complexity index is 954. The molecule has 0 aromatic heterocycles. The lowest BCUT2D eigenvalue weighted by molar-refractivity contribution is -0.116. The van der Waals surface area contributed by atoms with Crippen molar-refractivity contribution in [2.24, 2.45) is 0 Å². The number of hydrogen-bond acceptors (Lipinski definition) is 3. The Morgan fingerprint density at radius 1 is 1.11 bits per heavy atom. The van der Waals surface area contributed by atoms with E-state index in [4.69, 9.17) is 11.6 Å². The van der Waals surface area contributed by atoms with Crippen molar-refractivity contribution in [2.45, 2.75) is 18.2 Å². The molecule has 0 spiro atoms. The second-order valence-electron chi connectivity index (χ2n) is 5.54. The van der Waals surface area contributed by atoms with Crippen LogP contribution in [0.15, 0.2) is 41.3 Å². The first-order valence-electron chi connectivity index (χ1n) is 7.86. The van der Waals surface area contributed by atoms with Gasteiger partial charge in [0, 0.05) is 6.54 Å². The summed E-state index contributed by atoms with van der Waals surface area (Å²) < 4.78 is 66.3. The van der Waals surface area contributed by atoms with Gasteiger partial charge in [-0.3, -0.25) is 4.79 Å². The number of sulfonamides is 1. The summed E-state index contributed by atoms with van der Waals surface area (Å²) in [6.45, 7) is 1.06. The fourth-order valence-electron chi connectivity index (χ4n) is 2.30. The average molecular weight is 421 g/mol. The van der Waals surface area contributed by atoms with Gasteiger partial charge in [0.05, 0.1) is 17.3 Å². The summed E-state index contributed by atoms with van der Waals surface area (Å²) in [5, 5.41) is 2.04. The maximum atomic E-state index is 13.7. The molecule has 146 valence electrons. The minimum absolute atomic E-state index is 0.00123. The van der Waals surface area contributed by atoms with E-state index in [-0.39, 0.29) is 16.5 Å². The molecule has 10 heteroatoms. The molecule has 2 rings (SSSR count). The van der Waals surface area contributed by atoms with E-state index in [1.807, 2.05) is 5.32 Å². The molecule has 0 fully saturated rings. The maximum Gasteiger partial charge on any atom is 0.245 e. The molecule has 5 nitrogen and oxygen atoms in total. The van der Waals surface area contributed by atoms with Crippen molar-refractivity contribution in [3.63, 3.8) is 0 Å². The van der Waals surface area contributed by atoms with Gasteiger partial charge in [0.15, 0.2) is 17.5 Å². The largest absolute Gasteiger partial charge is 0.322 e. The van der Waals surface area contributed by atoms with E-state index >= 15 is 0 Å². The second-order valence-corrected chi connectivity index (χ2v) is 7.85. The normalized spacial score (nSPS) is 11.6. The highest BCUT2D eigenvalue weighted by atomic mass is 35.5. The third kappa shape index (κ3) is 4.79. The Kier molecular flexibility index (Phi) is 6.85. The van der Waals surface area contributed by atoms with Gasteiger partial charge in [-0.05, 0) is 30.7 Å². The molecule has 2 aromatic carbocycles. The molecule has 0 unspecified atom stereocenters. The van der Waals surface area contributed by atoms with E-state index in [0.717, 1.165) is 10.4 Å². The topological polar surface area (TPSA) is 66.5 Å². The Balaban J connectivity index is 2.25. The molecule has 0 saturated heterocycles. The molecule has 1 amide bonds. The van der Waals surface area contributed by atoms with Gasteiger partial charge in [0.25, 0.3) is 0 Å². The van der Waals surface area contributed by atoms with E-state index in [1.165, 1.54) is 18.2 Å². The maximum absolute atomic E-state index is 13.7. The van der Waals surface area contributed by atoms with Crippen molar-refractivity contribution in [1.82, 2.24) is 4.31 Å². The van der Waals surface area contributed by atoms with Crippen LogP contribution in [0.25, 0.3) is 0 Å². The van der Waals surface area contributed by atoms with Crippen LogP contribution in [-0.4, -0.2) is 31.7 Å². The highest BCUT2D eigenvalue weighted by Crippen LogP contribution is 2.25. The van der Waals surface area contributed by atoms with Crippen LogP contribution < -0.4 is 5.32 Å². The quantitative estimate of drug-likeness (QED) is 0.693. The summed E-state index contributed by atoms with van der Waals surface area (Å²) in [5.74, 6) is -5.62. The van der Waals surface area contributed by atoms with Crippen LogP contribution in [0.5, 0.6) is 0 Å². The zero-order valence-corrected chi connectivity index (χ0v) is 15.7. The number of nitrogens with one attached hydrogen (secondary N) is 1. The van der Waals surface area contributed by atoms with Crippen LogP contribution in [-0.2, 0) is 14.8 Å².